The number of nitrogens with one attached hydrogen (secondary N) is 2. The Morgan fingerprint density at radius 1 is 1.08 bits per heavy atom. The molecule has 0 aromatic heterocycles. The summed E-state index contributed by atoms with van der Waals surface area (Å²) < 4.78 is 0. The molecule has 1 aromatic rings. The standard InChI is InChI=1S/C20H31N3O.ClH/c24-20(19-8-10-21-11-9-19)22-15-17-6-5-7-18(14-17)16-23-12-3-1-2-4-13-23;/h5-7,14,19,21H,1-4,8-13,15-16H2,(H,22,24);1H. The number of hydrogen-bond acceptors (Lipinski definition) is 3. The van der Waals surface area contributed by atoms with Gasteiger partial charge in [0.2, 0.25) is 5.91 Å². The molecule has 0 saturated carbocycles. The van der Waals surface area contributed by atoms with E-state index in [2.05, 4.69) is 39.8 Å². The van der Waals surface area contributed by atoms with Crippen LogP contribution in [0.2, 0.25) is 0 Å². The molecule has 0 radical (unpaired) electrons. The van der Waals surface area contributed by atoms with Gasteiger partial charge in [-0.15, -0.1) is 12.4 Å². The topological polar surface area (TPSA) is 44.4 Å². The SMILES string of the molecule is Cl.O=C(NCc1cccc(CN2CCCCCC2)c1)C1CCNCC1. The fraction of sp³-hybridized carbons (Fsp3) is 0.650. The van der Waals surface area contributed by atoms with Gasteiger partial charge in [-0.1, -0.05) is 37.1 Å². The monoisotopic (exact) mass is 365 g/mol. The van der Waals surface area contributed by atoms with Crippen LogP contribution in [0.15, 0.2) is 24.3 Å². The van der Waals surface area contributed by atoms with Gasteiger partial charge in [0.05, 0.1) is 0 Å². The van der Waals surface area contributed by atoms with E-state index in [9.17, 15) is 4.79 Å². The van der Waals surface area contributed by atoms with Crippen LogP contribution >= 0.6 is 12.4 Å². The van der Waals surface area contributed by atoms with Gasteiger partial charge in [0, 0.05) is 19.0 Å². The third kappa shape index (κ3) is 6.61. The van der Waals surface area contributed by atoms with E-state index in [0.29, 0.717) is 6.54 Å². The molecule has 2 heterocycles. The molecule has 2 N–H and O–H groups in total. The molecule has 0 spiro atoms. The predicted molar refractivity (Wildman–Crippen MR) is 105 cm³/mol. The van der Waals surface area contributed by atoms with Crippen LogP contribution in [0.25, 0.3) is 0 Å². The van der Waals surface area contributed by atoms with Crippen molar-refractivity contribution in [3.8, 4) is 0 Å². The third-order valence-electron chi connectivity index (χ3n) is 5.27. The Balaban J connectivity index is 0.00000225. The number of nitrogens with zero attached hydrogens (tertiary/aromatic N) is 1. The normalized spacial score (nSPS) is 19.7. The van der Waals surface area contributed by atoms with Gasteiger partial charge in [-0.3, -0.25) is 9.69 Å². The number of hydrogen-bond donors (Lipinski definition) is 2. The Hall–Kier alpha value is -1.10. The minimum atomic E-state index is 0. The lowest BCUT2D eigenvalue weighted by atomic mass is 9.97. The van der Waals surface area contributed by atoms with Crippen LogP contribution in [0.3, 0.4) is 0 Å². The van der Waals surface area contributed by atoms with Crippen molar-refractivity contribution < 1.29 is 4.79 Å². The van der Waals surface area contributed by atoms with Crippen molar-refractivity contribution >= 4 is 18.3 Å². The fourth-order valence-corrected chi connectivity index (χ4v) is 3.81. The van der Waals surface area contributed by atoms with Crippen molar-refractivity contribution in [3.05, 3.63) is 35.4 Å². The first-order valence-corrected chi connectivity index (χ1v) is 9.60. The molecule has 2 aliphatic rings. The first-order valence-electron chi connectivity index (χ1n) is 9.60. The Bertz CT molecular complexity index is 523. The molecule has 140 valence electrons. The van der Waals surface area contributed by atoms with Gasteiger partial charge < -0.3 is 10.6 Å². The van der Waals surface area contributed by atoms with Crippen molar-refractivity contribution in [3.63, 3.8) is 0 Å². The zero-order valence-electron chi connectivity index (χ0n) is 15.1. The van der Waals surface area contributed by atoms with Crippen LogP contribution in [0.5, 0.6) is 0 Å². The van der Waals surface area contributed by atoms with E-state index in [-0.39, 0.29) is 24.2 Å². The van der Waals surface area contributed by atoms with Crippen LogP contribution in [0.1, 0.15) is 49.7 Å². The summed E-state index contributed by atoms with van der Waals surface area (Å²) in [4.78, 5) is 14.8. The number of rotatable bonds is 5. The smallest absolute Gasteiger partial charge is 0.223 e. The summed E-state index contributed by atoms with van der Waals surface area (Å²) in [6.07, 6.45) is 7.32. The number of carbonyl (C=O) groups is 1. The van der Waals surface area contributed by atoms with Crippen molar-refractivity contribution in [2.24, 2.45) is 5.92 Å². The highest BCUT2D eigenvalue weighted by molar-refractivity contribution is 5.85. The van der Waals surface area contributed by atoms with Crippen LogP contribution in [0, 0.1) is 5.92 Å². The van der Waals surface area contributed by atoms with Gasteiger partial charge in [0.15, 0.2) is 0 Å². The minimum Gasteiger partial charge on any atom is -0.352 e. The van der Waals surface area contributed by atoms with Crippen LogP contribution in [-0.4, -0.2) is 37.0 Å². The van der Waals surface area contributed by atoms with Crippen LogP contribution in [0.4, 0.5) is 0 Å². The summed E-state index contributed by atoms with van der Waals surface area (Å²) in [5.74, 6) is 0.404. The number of carbonyl (C=O) groups excluding carboxylic acids is 1. The van der Waals surface area contributed by atoms with Crippen LogP contribution < -0.4 is 10.6 Å². The summed E-state index contributed by atoms with van der Waals surface area (Å²) in [7, 11) is 0. The second-order valence-electron chi connectivity index (χ2n) is 7.25. The zero-order valence-corrected chi connectivity index (χ0v) is 16.0. The van der Waals surface area contributed by atoms with E-state index in [0.717, 1.165) is 32.5 Å². The number of piperidine rings is 1. The van der Waals surface area contributed by atoms with Gasteiger partial charge in [0.1, 0.15) is 0 Å². The second-order valence-corrected chi connectivity index (χ2v) is 7.25. The van der Waals surface area contributed by atoms with E-state index in [1.165, 1.54) is 49.9 Å². The second kappa shape index (κ2) is 10.8. The Labute approximate surface area is 158 Å². The molecule has 0 bridgehead atoms. The number of amides is 1. The number of likely N-dealkylation sites (tertiary alicyclic amines) is 1. The van der Waals surface area contributed by atoms with E-state index in [1.54, 1.807) is 0 Å². The highest BCUT2D eigenvalue weighted by Crippen LogP contribution is 2.15. The van der Waals surface area contributed by atoms with Crippen molar-refractivity contribution in [2.75, 3.05) is 26.2 Å². The van der Waals surface area contributed by atoms with E-state index >= 15 is 0 Å². The molecule has 0 atom stereocenters. The van der Waals surface area contributed by atoms with Gasteiger partial charge in [-0.25, -0.2) is 0 Å². The quantitative estimate of drug-likeness (QED) is 0.842. The van der Waals surface area contributed by atoms with E-state index in [1.807, 2.05) is 0 Å². The van der Waals surface area contributed by atoms with E-state index in [4.69, 9.17) is 0 Å². The van der Waals surface area contributed by atoms with Crippen molar-refractivity contribution in [1.29, 1.82) is 0 Å². The van der Waals surface area contributed by atoms with Crippen molar-refractivity contribution in [2.45, 2.75) is 51.6 Å². The highest BCUT2D eigenvalue weighted by atomic mass is 35.5. The lowest BCUT2D eigenvalue weighted by Gasteiger charge is -2.22. The van der Waals surface area contributed by atoms with Gasteiger partial charge in [0.25, 0.3) is 0 Å². The van der Waals surface area contributed by atoms with Gasteiger partial charge >= 0.3 is 0 Å². The molecule has 1 amide bonds. The summed E-state index contributed by atoms with van der Waals surface area (Å²) in [5.41, 5.74) is 2.58. The molecule has 2 fully saturated rings. The molecular formula is C20H32ClN3O. The maximum atomic E-state index is 12.3. The molecule has 3 rings (SSSR count). The highest BCUT2D eigenvalue weighted by Gasteiger charge is 2.20. The van der Waals surface area contributed by atoms with Crippen molar-refractivity contribution in [1.82, 2.24) is 15.5 Å². The molecule has 4 nitrogen and oxygen atoms in total. The summed E-state index contributed by atoms with van der Waals surface area (Å²) in [6.45, 7) is 6.05. The summed E-state index contributed by atoms with van der Waals surface area (Å²) in [6, 6.07) is 8.71. The Kier molecular flexibility index (Phi) is 8.73. The molecule has 2 saturated heterocycles. The first kappa shape index (κ1) is 20.2. The number of halogens is 1. The number of benzene rings is 1. The lowest BCUT2D eigenvalue weighted by Crippen LogP contribution is -2.37. The largest absolute Gasteiger partial charge is 0.352 e. The maximum absolute atomic E-state index is 12.3. The summed E-state index contributed by atoms with van der Waals surface area (Å²) in [5, 5.41) is 6.44. The summed E-state index contributed by atoms with van der Waals surface area (Å²) >= 11 is 0. The van der Waals surface area contributed by atoms with E-state index < -0.39 is 0 Å². The maximum Gasteiger partial charge on any atom is 0.223 e. The Morgan fingerprint density at radius 2 is 1.76 bits per heavy atom. The molecule has 0 aliphatic carbocycles. The molecule has 0 unspecified atom stereocenters. The average molecular weight is 366 g/mol. The molecule has 25 heavy (non-hydrogen) atoms. The predicted octanol–water partition coefficient (Wildman–Crippen LogP) is 3.10. The molecule has 1 aromatic carbocycles. The van der Waals surface area contributed by atoms with Gasteiger partial charge in [-0.05, 0) is 63.0 Å². The lowest BCUT2D eigenvalue weighted by molar-refractivity contribution is -0.125. The third-order valence-corrected chi connectivity index (χ3v) is 5.27. The Morgan fingerprint density at radius 3 is 2.48 bits per heavy atom. The van der Waals surface area contributed by atoms with Crippen LogP contribution in [-0.2, 0) is 17.9 Å². The zero-order chi connectivity index (χ0) is 16.6. The molecular weight excluding hydrogens is 334 g/mol. The molecule has 5 heteroatoms. The molecule has 2 aliphatic heterocycles. The first-order chi connectivity index (χ1) is 11.8. The minimum absolute atomic E-state index is 0. The van der Waals surface area contributed by atoms with Gasteiger partial charge in [-0.2, -0.15) is 0 Å². The average Bonchev–Trinajstić information content (AvgIpc) is 2.89. The fourth-order valence-electron chi connectivity index (χ4n) is 3.81.